The molecule has 0 atom stereocenters. The van der Waals surface area contributed by atoms with Crippen LogP contribution in [0.4, 0.5) is 11.4 Å². The Bertz CT molecular complexity index is 521. The van der Waals surface area contributed by atoms with Crippen molar-refractivity contribution >= 4 is 29.7 Å². The minimum absolute atomic E-state index is 0. The molecule has 128 valence electrons. The molecule has 0 N–H and O–H groups in total. The third kappa shape index (κ3) is 4.18. The molecule has 0 fully saturated rings. The van der Waals surface area contributed by atoms with Crippen LogP contribution in [0.15, 0.2) is 29.3 Å². The van der Waals surface area contributed by atoms with Crippen LogP contribution < -0.4 is 9.80 Å². The van der Waals surface area contributed by atoms with E-state index < -0.39 is 0 Å². The molecule has 0 saturated heterocycles. The first kappa shape index (κ1) is 18.1. The van der Waals surface area contributed by atoms with Gasteiger partial charge in [-0.05, 0) is 18.6 Å². The summed E-state index contributed by atoms with van der Waals surface area (Å²) in [6, 6.07) is 8.51. The van der Waals surface area contributed by atoms with Gasteiger partial charge in [-0.1, -0.05) is 51.2 Å². The zero-order valence-electron chi connectivity index (χ0n) is 14.0. The van der Waals surface area contributed by atoms with Gasteiger partial charge in [-0.2, -0.15) is 0 Å². The summed E-state index contributed by atoms with van der Waals surface area (Å²) in [6.07, 6.45) is 7.82. The number of para-hydroxylation sites is 2. The molecule has 0 bridgehead atoms. The SMILES string of the molecule is CCCCCCCCOCN1C2=NCCN2c2ccccc21.Cl. The number of guanidine groups is 1. The Kier molecular flexibility index (Phi) is 7.18. The summed E-state index contributed by atoms with van der Waals surface area (Å²) in [5.74, 6) is 1.06. The van der Waals surface area contributed by atoms with Gasteiger partial charge in [-0.25, -0.2) is 0 Å². The Morgan fingerprint density at radius 1 is 1.04 bits per heavy atom. The first-order valence-electron chi connectivity index (χ1n) is 8.68. The zero-order valence-corrected chi connectivity index (χ0v) is 14.9. The van der Waals surface area contributed by atoms with E-state index in [2.05, 4.69) is 46.0 Å². The van der Waals surface area contributed by atoms with Gasteiger partial charge in [0.15, 0.2) is 0 Å². The second-order valence-electron chi connectivity index (χ2n) is 6.06. The smallest absolute Gasteiger partial charge is 0.207 e. The summed E-state index contributed by atoms with van der Waals surface area (Å²) >= 11 is 0. The van der Waals surface area contributed by atoms with Gasteiger partial charge >= 0.3 is 0 Å². The lowest BCUT2D eigenvalue weighted by molar-refractivity contribution is 0.138. The fraction of sp³-hybridized carbons (Fsp3) is 0.611. The number of anilines is 2. The van der Waals surface area contributed by atoms with Gasteiger partial charge in [0, 0.05) is 13.2 Å². The Morgan fingerprint density at radius 2 is 1.78 bits per heavy atom. The number of unbranched alkanes of at least 4 members (excludes halogenated alkanes) is 5. The summed E-state index contributed by atoms with van der Waals surface area (Å²) in [5, 5.41) is 0. The van der Waals surface area contributed by atoms with E-state index in [1.807, 2.05) is 0 Å². The molecule has 0 spiro atoms. The van der Waals surface area contributed by atoms with Crippen LogP contribution in [0.2, 0.25) is 0 Å². The van der Waals surface area contributed by atoms with Crippen molar-refractivity contribution in [2.24, 2.45) is 4.99 Å². The summed E-state index contributed by atoms with van der Waals surface area (Å²) < 4.78 is 5.91. The molecule has 2 heterocycles. The molecule has 0 aliphatic carbocycles. The number of halogens is 1. The van der Waals surface area contributed by atoms with Crippen LogP contribution in [-0.4, -0.2) is 32.4 Å². The molecular formula is C18H28ClN3O. The van der Waals surface area contributed by atoms with Crippen LogP contribution in [0.1, 0.15) is 45.4 Å². The van der Waals surface area contributed by atoms with Crippen LogP contribution in [0.3, 0.4) is 0 Å². The van der Waals surface area contributed by atoms with Crippen molar-refractivity contribution in [2.75, 3.05) is 36.2 Å². The molecule has 0 saturated carbocycles. The number of benzene rings is 1. The first-order chi connectivity index (χ1) is 10.9. The third-order valence-corrected chi connectivity index (χ3v) is 4.39. The van der Waals surface area contributed by atoms with Gasteiger partial charge in [-0.3, -0.25) is 9.89 Å². The maximum Gasteiger partial charge on any atom is 0.207 e. The molecule has 4 nitrogen and oxygen atoms in total. The molecule has 0 unspecified atom stereocenters. The van der Waals surface area contributed by atoms with Gasteiger partial charge in [0.2, 0.25) is 5.96 Å². The minimum atomic E-state index is 0. The average Bonchev–Trinajstić information content (AvgIpc) is 3.12. The van der Waals surface area contributed by atoms with E-state index in [1.165, 1.54) is 43.5 Å². The Balaban J connectivity index is 0.00000192. The maximum atomic E-state index is 5.91. The number of hydrogen-bond acceptors (Lipinski definition) is 4. The van der Waals surface area contributed by atoms with E-state index >= 15 is 0 Å². The molecule has 1 aromatic rings. The van der Waals surface area contributed by atoms with Crippen LogP contribution in [0.5, 0.6) is 0 Å². The van der Waals surface area contributed by atoms with Crippen LogP contribution in [-0.2, 0) is 4.74 Å². The third-order valence-electron chi connectivity index (χ3n) is 4.39. The standard InChI is InChI=1S/C18H27N3O.ClH/c1-2-3-4-5-6-9-14-22-15-21-17-11-8-7-10-16(17)20-13-12-19-18(20)21;/h7-8,10-11H,2-6,9,12-15H2,1H3;1H. The van der Waals surface area contributed by atoms with Gasteiger partial charge in [0.05, 0.1) is 17.9 Å². The Hall–Kier alpha value is -1.26. The van der Waals surface area contributed by atoms with Crippen LogP contribution >= 0.6 is 12.4 Å². The summed E-state index contributed by atoms with van der Waals surface area (Å²) in [6.45, 7) is 5.59. The number of rotatable bonds is 9. The largest absolute Gasteiger partial charge is 0.361 e. The van der Waals surface area contributed by atoms with Crippen LogP contribution in [0, 0.1) is 0 Å². The Labute approximate surface area is 145 Å². The van der Waals surface area contributed by atoms with Crippen molar-refractivity contribution in [1.29, 1.82) is 0 Å². The first-order valence-corrected chi connectivity index (χ1v) is 8.68. The fourth-order valence-electron chi connectivity index (χ4n) is 3.19. The van der Waals surface area contributed by atoms with Gasteiger partial charge in [0.25, 0.3) is 0 Å². The van der Waals surface area contributed by atoms with E-state index in [0.717, 1.165) is 32.1 Å². The molecule has 0 aromatic heterocycles. The molecule has 0 radical (unpaired) electrons. The minimum Gasteiger partial charge on any atom is -0.361 e. The van der Waals surface area contributed by atoms with Crippen molar-refractivity contribution in [1.82, 2.24) is 0 Å². The van der Waals surface area contributed by atoms with Crippen molar-refractivity contribution in [3.8, 4) is 0 Å². The van der Waals surface area contributed by atoms with Gasteiger partial charge in [-0.15, -0.1) is 12.4 Å². The molecule has 23 heavy (non-hydrogen) atoms. The number of hydrogen-bond donors (Lipinski definition) is 0. The molecule has 2 aliphatic rings. The fourth-order valence-corrected chi connectivity index (χ4v) is 3.19. The maximum absolute atomic E-state index is 5.91. The normalized spacial score (nSPS) is 15.3. The van der Waals surface area contributed by atoms with E-state index in [1.54, 1.807) is 0 Å². The summed E-state index contributed by atoms with van der Waals surface area (Å²) in [4.78, 5) is 9.13. The second-order valence-corrected chi connectivity index (χ2v) is 6.06. The highest BCUT2D eigenvalue weighted by Gasteiger charge is 2.34. The number of aliphatic imine (C=N–C) groups is 1. The molecule has 1 aromatic carbocycles. The number of ether oxygens (including phenoxy) is 1. The van der Waals surface area contributed by atoms with E-state index in [9.17, 15) is 0 Å². The summed E-state index contributed by atoms with van der Waals surface area (Å²) in [7, 11) is 0. The monoisotopic (exact) mass is 337 g/mol. The highest BCUT2D eigenvalue weighted by molar-refractivity contribution is 6.16. The predicted octanol–water partition coefficient (Wildman–Crippen LogP) is 4.44. The van der Waals surface area contributed by atoms with Crippen molar-refractivity contribution < 1.29 is 4.74 Å². The van der Waals surface area contributed by atoms with E-state index in [-0.39, 0.29) is 12.4 Å². The quantitative estimate of drug-likeness (QED) is 0.623. The highest BCUT2D eigenvalue weighted by Crippen LogP contribution is 2.38. The predicted molar refractivity (Wildman–Crippen MR) is 100 cm³/mol. The molecule has 3 rings (SSSR count). The lowest BCUT2D eigenvalue weighted by Crippen LogP contribution is -2.36. The average molecular weight is 338 g/mol. The molecule has 5 heteroatoms. The summed E-state index contributed by atoms with van der Waals surface area (Å²) in [5.41, 5.74) is 2.49. The van der Waals surface area contributed by atoms with Crippen molar-refractivity contribution in [3.63, 3.8) is 0 Å². The Morgan fingerprint density at radius 3 is 2.61 bits per heavy atom. The number of nitrogens with zero attached hydrogens (tertiary/aromatic N) is 3. The molecule has 0 amide bonds. The zero-order chi connectivity index (χ0) is 15.2. The van der Waals surface area contributed by atoms with E-state index in [4.69, 9.17) is 4.74 Å². The van der Waals surface area contributed by atoms with Gasteiger partial charge in [0.1, 0.15) is 6.73 Å². The molecule has 2 aliphatic heterocycles. The lowest BCUT2D eigenvalue weighted by Gasteiger charge is -2.19. The lowest BCUT2D eigenvalue weighted by atomic mass is 10.1. The topological polar surface area (TPSA) is 28.1 Å². The van der Waals surface area contributed by atoms with E-state index in [0.29, 0.717) is 6.73 Å². The van der Waals surface area contributed by atoms with Gasteiger partial charge < -0.3 is 9.64 Å². The highest BCUT2D eigenvalue weighted by atomic mass is 35.5. The van der Waals surface area contributed by atoms with Crippen LogP contribution in [0.25, 0.3) is 0 Å². The molecular weight excluding hydrogens is 310 g/mol. The van der Waals surface area contributed by atoms with Crippen molar-refractivity contribution in [3.05, 3.63) is 24.3 Å². The number of fused-ring (bicyclic) bond motifs is 3. The second kappa shape index (κ2) is 9.14. The van der Waals surface area contributed by atoms with Crippen molar-refractivity contribution in [2.45, 2.75) is 45.4 Å².